The minimum absolute atomic E-state index is 0.00714. The van der Waals surface area contributed by atoms with Crippen LogP contribution in [0.5, 0.6) is 0 Å². The zero-order chi connectivity index (χ0) is 14.9. The fourth-order valence-electron chi connectivity index (χ4n) is 2.06. The Morgan fingerprint density at radius 2 is 2.05 bits per heavy atom. The standard InChI is InChI=1S/C14H16ClN3O2/c1-9-6-11(10(2)17(9)3)8-16-14-5-4-12(18(19)20)7-13(14)15/h4-7,16H,8H2,1-3H3. The SMILES string of the molecule is Cc1cc(CNc2ccc([N+](=O)[O-])cc2Cl)c(C)n1C. The van der Waals surface area contributed by atoms with E-state index in [0.717, 1.165) is 0 Å². The van der Waals surface area contributed by atoms with E-state index in [1.807, 2.05) is 7.05 Å². The molecule has 0 atom stereocenters. The molecule has 0 unspecified atom stereocenters. The quantitative estimate of drug-likeness (QED) is 0.688. The van der Waals surface area contributed by atoms with Crippen molar-refractivity contribution in [2.24, 2.45) is 7.05 Å². The highest BCUT2D eigenvalue weighted by molar-refractivity contribution is 6.33. The van der Waals surface area contributed by atoms with Gasteiger partial charge in [0.05, 0.1) is 15.6 Å². The van der Waals surface area contributed by atoms with Crippen LogP contribution in [-0.4, -0.2) is 9.49 Å². The number of hydrogen-bond acceptors (Lipinski definition) is 3. The van der Waals surface area contributed by atoms with Gasteiger partial charge >= 0.3 is 0 Å². The first-order valence-corrected chi connectivity index (χ1v) is 6.57. The molecule has 0 radical (unpaired) electrons. The molecule has 0 bridgehead atoms. The van der Waals surface area contributed by atoms with Crippen LogP contribution in [0.2, 0.25) is 5.02 Å². The van der Waals surface area contributed by atoms with Gasteiger partial charge in [0.2, 0.25) is 0 Å². The fraction of sp³-hybridized carbons (Fsp3) is 0.286. The van der Waals surface area contributed by atoms with E-state index in [1.165, 1.54) is 29.1 Å². The van der Waals surface area contributed by atoms with Crippen molar-refractivity contribution in [2.45, 2.75) is 20.4 Å². The molecule has 2 rings (SSSR count). The highest BCUT2D eigenvalue weighted by Gasteiger charge is 2.10. The van der Waals surface area contributed by atoms with Crippen molar-refractivity contribution in [1.82, 2.24) is 4.57 Å². The Balaban J connectivity index is 2.15. The van der Waals surface area contributed by atoms with Gasteiger partial charge in [0.25, 0.3) is 5.69 Å². The van der Waals surface area contributed by atoms with E-state index < -0.39 is 4.92 Å². The molecule has 0 fully saturated rings. The molecule has 6 heteroatoms. The molecule has 0 spiro atoms. The number of nitrogens with one attached hydrogen (secondary N) is 1. The highest BCUT2D eigenvalue weighted by atomic mass is 35.5. The van der Waals surface area contributed by atoms with Gasteiger partial charge in [-0.25, -0.2) is 0 Å². The molecule has 5 nitrogen and oxygen atoms in total. The Morgan fingerprint density at radius 3 is 2.55 bits per heavy atom. The number of rotatable bonds is 4. The van der Waals surface area contributed by atoms with Crippen LogP contribution >= 0.6 is 11.6 Å². The molecule has 1 aromatic heterocycles. The maximum Gasteiger partial charge on any atom is 0.271 e. The monoisotopic (exact) mass is 293 g/mol. The number of nitro groups is 1. The van der Waals surface area contributed by atoms with Gasteiger partial charge in [0.1, 0.15) is 0 Å². The van der Waals surface area contributed by atoms with Gasteiger partial charge in [0.15, 0.2) is 0 Å². The summed E-state index contributed by atoms with van der Waals surface area (Å²) in [6.07, 6.45) is 0. The van der Waals surface area contributed by atoms with Crippen LogP contribution in [0, 0.1) is 24.0 Å². The van der Waals surface area contributed by atoms with Gasteiger partial charge in [-0.05, 0) is 31.5 Å². The highest BCUT2D eigenvalue weighted by Crippen LogP contribution is 2.27. The van der Waals surface area contributed by atoms with Crippen LogP contribution in [0.15, 0.2) is 24.3 Å². The molecule has 2 aromatic rings. The first-order chi connectivity index (χ1) is 9.40. The summed E-state index contributed by atoms with van der Waals surface area (Å²) in [4.78, 5) is 10.2. The van der Waals surface area contributed by atoms with Crippen LogP contribution in [-0.2, 0) is 13.6 Å². The van der Waals surface area contributed by atoms with E-state index >= 15 is 0 Å². The number of halogens is 1. The van der Waals surface area contributed by atoms with Gasteiger partial charge in [-0.3, -0.25) is 10.1 Å². The van der Waals surface area contributed by atoms with Crippen LogP contribution in [0.3, 0.4) is 0 Å². The number of non-ortho nitro benzene ring substituents is 1. The number of benzene rings is 1. The summed E-state index contributed by atoms with van der Waals surface area (Å²) < 4.78 is 2.12. The molecular weight excluding hydrogens is 278 g/mol. The summed E-state index contributed by atoms with van der Waals surface area (Å²) in [5, 5.41) is 14.2. The van der Waals surface area contributed by atoms with Crippen molar-refractivity contribution in [3.8, 4) is 0 Å². The molecule has 0 aliphatic carbocycles. The van der Waals surface area contributed by atoms with Crippen molar-refractivity contribution in [1.29, 1.82) is 0 Å². The molecule has 1 heterocycles. The van der Waals surface area contributed by atoms with Gasteiger partial charge in [-0.1, -0.05) is 11.6 Å². The van der Waals surface area contributed by atoms with Crippen LogP contribution in [0.25, 0.3) is 0 Å². The largest absolute Gasteiger partial charge is 0.380 e. The third kappa shape index (κ3) is 2.77. The summed E-state index contributed by atoms with van der Waals surface area (Å²) >= 11 is 6.04. The molecule has 0 aliphatic heterocycles. The van der Waals surface area contributed by atoms with Crippen LogP contribution < -0.4 is 5.32 Å². The number of anilines is 1. The minimum atomic E-state index is -0.458. The molecular formula is C14H16ClN3O2. The smallest absolute Gasteiger partial charge is 0.271 e. The first-order valence-electron chi connectivity index (χ1n) is 6.19. The number of nitrogens with zero attached hydrogens (tertiary/aromatic N) is 2. The van der Waals surface area contributed by atoms with Gasteiger partial charge < -0.3 is 9.88 Å². The molecule has 0 aliphatic rings. The average Bonchev–Trinajstić information content (AvgIpc) is 2.64. The van der Waals surface area contributed by atoms with Crippen LogP contribution in [0.4, 0.5) is 11.4 Å². The maximum atomic E-state index is 10.7. The fourth-order valence-corrected chi connectivity index (χ4v) is 2.31. The van der Waals surface area contributed by atoms with E-state index in [2.05, 4.69) is 29.8 Å². The lowest BCUT2D eigenvalue weighted by atomic mass is 10.2. The van der Waals surface area contributed by atoms with Crippen LogP contribution in [0.1, 0.15) is 17.0 Å². The van der Waals surface area contributed by atoms with Gasteiger partial charge in [-0.15, -0.1) is 0 Å². The molecule has 20 heavy (non-hydrogen) atoms. The number of nitro benzene ring substituents is 1. The lowest BCUT2D eigenvalue weighted by Gasteiger charge is -2.08. The normalized spacial score (nSPS) is 10.6. The van der Waals surface area contributed by atoms with E-state index in [9.17, 15) is 10.1 Å². The predicted octanol–water partition coefficient (Wildman–Crippen LogP) is 3.82. The van der Waals surface area contributed by atoms with Gasteiger partial charge in [-0.2, -0.15) is 0 Å². The lowest BCUT2D eigenvalue weighted by molar-refractivity contribution is -0.384. The van der Waals surface area contributed by atoms with E-state index in [-0.39, 0.29) is 5.69 Å². The second-order valence-electron chi connectivity index (χ2n) is 4.73. The Morgan fingerprint density at radius 1 is 1.35 bits per heavy atom. The average molecular weight is 294 g/mol. The molecule has 0 saturated carbocycles. The topological polar surface area (TPSA) is 60.1 Å². The number of aryl methyl sites for hydroxylation is 1. The Labute approximate surface area is 122 Å². The van der Waals surface area contributed by atoms with Gasteiger partial charge in [0, 0.05) is 37.1 Å². The third-order valence-electron chi connectivity index (χ3n) is 3.51. The summed E-state index contributed by atoms with van der Waals surface area (Å²) in [6, 6.07) is 6.54. The molecule has 0 saturated heterocycles. The second-order valence-corrected chi connectivity index (χ2v) is 5.14. The summed E-state index contributed by atoms with van der Waals surface area (Å²) in [7, 11) is 2.02. The molecule has 1 N–H and O–H groups in total. The summed E-state index contributed by atoms with van der Waals surface area (Å²) in [5.41, 5.74) is 4.24. The van der Waals surface area contributed by atoms with E-state index in [1.54, 1.807) is 6.07 Å². The number of aromatic nitrogens is 1. The van der Waals surface area contributed by atoms with Crippen molar-refractivity contribution in [3.05, 3.63) is 56.4 Å². The van der Waals surface area contributed by atoms with Crippen molar-refractivity contribution >= 4 is 23.0 Å². The Hall–Kier alpha value is -2.01. The maximum absolute atomic E-state index is 10.7. The predicted molar refractivity (Wildman–Crippen MR) is 80.3 cm³/mol. The van der Waals surface area contributed by atoms with Crippen molar-refractivity contribution in [2.75, 3.05) is 5.32 Å². The Kier molecular flexibility index (Phi) is 3.99. The number of hydrogen-bond donors (Lipinski definition) is 1. The second kappa shape index (κ2) is 5.54. The Bertz CT molecular complexity index is 665. The third-order valence-corrected chi connectivity index (χ3v) is 3.83. The summed E-state index contributed by atoms with van der Waals surface area (Å²) in [5.74, 6) is 0. The van der Waals surface area contributed by atoms with Crippen molar-refractivity contribution < 1.29 is 4.92 Å². The molecule has 1 aromatic carbocycles. The minimum Gasteiger partial charge on any atom is -0.380 e. The molecule has 0 amide bonds. The van der Waals surface area contributed by atoms with E-state index in [4.69, 9.17) is 11.6 Å². The zero-order valence-electron chi connectivity index (χ0n) is 11.6. The lowest BCUT2D eigenvalue weighted by Crippen LogP contribution is -2.02. The van der Waals surface area contributed by atoms with E-state index in [0.29, 0.717) is 17.3 Å². The summed E-state index contributed by atoms with van der Waals surface area (Å²) in [6.45, 7) is 4.74. The zero-order valence-corrected chi connectivity index (χ0v) is 12.4. The molecule has 106 valence electrons. The van der Waals surface area contributed by atoms with Crippen molar-refractivity contribution in [3.63, 3.8) is 0 Å². The first kappa shape index (κ1) is 14.4.